The summed E-state index contributed by atoms with van der Waals surface area (Å²) in [5, 5.41) is 18.6. The highest BCUT2D eigenvalue weighted by Crippen LogP contribution is 2.28. The minimum absolute atomic E-state index is 0.492. The maximum atomic E-state index is 9.87. The summed E-state index contributed by atoms with van der Waals surface area (Å²) in [6.45, 7) is 3.26. The molecular formula is C12H15N3O. The highest BCUT2D eigenvalue weighted by atomic mass is 16.3. The van der Waals surface area contributed by atoms with Crippen molar-refractivity contribution in [2.24, 2.45) is 0 Å². The van der Waals surface area contributed by atoms with Crippen molar-refractivity contribution in [3.05, 3.63) is 23.8 Å². The second-order valence-corrected chi connectivity index (χ2v) is 4.55. The van der Waals surface area contributed by atoms with E-state index in [9.17, 15) is 5.11 Å². The standard InChI is InChI=1S/C12H15N3O/c1-12(16)4-5-15(8-12)10-3-2-9(7-13)11(14)6-10/h2-3,6,16H,4-5,8,14H2,1H3. The van der Waals surface area contributed by atoms with Gasteiger partial charge in [0, 0.05) is 18.8 Å². The number of aliphatic hydroxyl groups is 1. The monoisotopic (exact) mass is 217 g/mol. The topological polar surface area (TPSA) is 73.3 Å². The van der Waals surface area contributed by atoms with E-state index in [4.69, 9.17) is 11.0 Å². The van der Waals surface area contributed by atoms with Gasteiger partial charge in [-0.05, 0) is 31.5 Å². The Morgan fingerprint density at radius 1 is 1.56 bits per heavy atom. The smallest absolute Gasteiger partial charge is 0.101 e. The second-order valence-electron chi connectivity index (χ2n) is 4.55. The largest absolute Gasteiger partial charge is 0.398 e. The van der Waals surface area contributed by atoms with Gasteiger partial charge >= 0.3 is 0 Å². The van der Waals surface area contributed by atoms with Crippen molar-refractivity contribution >= 4 is 11.4 Å². The van der Waals surface area contributed by atoms with E-state index < -0.39 is 5.60 Å². The highest BCUT2D eigenvalue weighted by Gasteiger charge is 2.31. The van der Waals surface area contributed by atoms with Crippen LogP contribution in [0.15, 0.2) is 18.2 Å². The molecule has 1 unspecified atom stereocenters. The van der Waals surface area contributed by atoms with Crippen LogP contribution in [0.2, 0.25) is 0 Å². The Kier molecular flexibility index (Phi) is 2.49. The van der Waals surface area contributed by atoms with Crippen molar-refractivity contribution in [2.75, 3.05) is 23.7 Å². The number of nitriles is 1. The van der Waals surface area contributed by atoms with Gasteiger partial charge in [-0.25, -0.2) is 0 Å². The van der Waals surface area contributed by atoms with Gasteiger partial charge in [0.15, 0.2) is 0 Å². The number of nitrogens with two attached hydrogens (primary N) is 1. The van der Waals surface area contributed by atoms with Crippen LogP contribution in [0.25, 0.3) is 0 Å². The van der Waals surface area contributed by atoms with Crippen LogP contribution in [0.3, 0.4) is 0 Å². The van der Waals surface area contributed by atoms with Gasteiger partial charge in [-0.2, -0.15) is 5.26 Å². The zero-order valence-electron chi connectivity index (χ0n) is 9.27. The van der Waals surface area contributed by atoms with Crippen molar-refractivity contribution in [3.8, 4) is 6.07 Å². The molecule has 1 saturated heterocycles. The van der Waals surface area contributed by atoms with Gasteiger partial charge in [0.2, 0.25) is 0 Å². The second kappa shape index (κ2) is 3.69. The number of anilines is 2. The maximum absolute atomic E-state index is 9.87. The average Bonchev–Trinajstić information content (AvgIpc) is 2.59. The van der Waals surface area contributed by atoms with Gasteiger partial charge in [0.25, 0.3) is 0 Å². The van der Waals surface area contributed by atoms with Gasteiger partial charge in [-0.1, -0.05) is 0 Å². The molecule has 16 heavy (non-hydrogen) atoms. The summed E-state index contributed by atoms with van der Waals surface area (Å²) in [4.78, 5) is 2.08. The third-order valence-electron chi connectivity index (χ3n) is 2.97. The summed E-state index contributed by atoms with van der Waals surface area (Å²) in [7, 11) is 0. The van der Waals surface area contributed by atoms with Crippen LogP contribution in [-0.4, -0.2) is 23.8 Å². The fourth-order valence-electron chi connectivity index (χ4n) is 2.01. The average molecular weight is 217 g/mol. The maximum Gasteiger partial charge on any atom is 0.101 e. The van der Waals surface area contributed by atoms with Crippen LogP contribution < -0.4 is 10.6 Å². The molecule has 3 N–H and O–H groups in total. The Bertz CT molecular complexity index is 448. The lowest BCUT2D eigenvalue weighted by Gasteiger charge is -2.21. The first kappa shape index (κ1) is 10.8. The lowest BCUT2D eigenvalue weighted by atomic mass is 10.1. The molecule has 1 heterocycles. The van der Waals surface area contributed by atoms with E-state index in [1.54, 1.807) is 12.1 Å². The summed E-state index contributed by atoms with van der Waals surface area (Å²) in [5.74, 6) is 0. The molecule has 2 rings (SSSR count). The highest BCUT2D eigenvalue weighted by molar-refractivity contribution is 5.64. The van der Waals surface area contributed by atoms with Crippen LogP contribution in [0, 0.1) is 11.3 Å². The van der Waals surface area contributed by atoms with Crippen molar-refractivity contribution in [1.82, 2.24) is 0 Å². The van der Waals surface area contributed by atoms with Crippen LogP contribution in [-0.2, 0) is 0 Å². The van der Waals surface area contributed by atoms with E-state index in [2.05, 4.69) is 4.90 Å². The predicted molar refractivity (Wildman–Crippen MR) is 63.0 cm³/mol. The minimum atomic E-state index is -0.622. The Labute approximate surface area is 94.9 Å². The van der Waals surface area contributed by atoms with Gasteiger partial charge in [-0.15, -0.1) is 0 Å². The molecule has 0 saturated carbocycles. The van der Waals surface area contributed by atoms with E-state index >= 15 is 0 Å². The third kappa shape index (κ3) is 1.95. The quantitative estimate of drug-likeness (QED) is 0.691. The molecule has 1 fully saturated rings. The van der Waals surface area contributed by atoms with Crippen molar-refractivity contribution in [1.29, 1.82) is 5.26 Å². The first-order chi connectivity index (χ1) is 7.52. The molecule has 1 aliphatic rings. The van der Waals surface area contributed by atoms with Gasteiger partial charge < -0.3 is 15.7 Å². The lowest BCUT2D eigenvalue weighted by molar-refractivity contribution is 0.0839. The fourth-order valence-corrected chi connectivity index (χ4v) is 2.01. The van der Waals surface area contributed by atoms with E-state index in [0.717, 1.165) is 18.7 Å². The van der Waals surface area contributed by atoms with E-state index in [0.29, 0.717) is 17.8 Å². The zero-order chi connectivity index (χ0) is 11.8. The van der Waals surface area contributed by atoms with Crippen molar-refractivity contribution in [2.45, 2.75) is 18.9 Å². The Balaban J connectivity index is 2.24. The fraction of sp³-hybridized carbons (Fsp3) is 0.417. The zero-order valence-corrected chi connectivity index (χ0v) is 9.27. The Morgan fingerprint density at radius 2 is 2.31 bits per heavy atom. The van der Waals surface area contributed by atoms with Gasteiger partial charge in [0.1, 0.15) is 6.07 Å². The Hall–Kier alpha value is -1.73. The lowest BCUT2D eigenvalue weighted by Crippen LogP contribution is -2.29. The van der Waals surface area contributed by atoms with E-state index in [-0.39, 0.29) is 0 Å². The summed E-state index contributed by atoms with van der Waals surface area (Å²) in [6, 6.07) is 7.42. The summed E-state index contributed by atoms with van der Waals surface area (Å²) in [6.07, 6.45) is 0.757. The minimum Gasteiger partial charge on any atom is -0.398 e. The van der Waals surface area contributed by atoms with Gasteiger partial charge in [-0.3, -0.25) is 0 Å². The normalized spacial score (nSPS) is 24.4. The number of nitrogens with zero attached hydrogens (tertiary/aromatic N) is 2. The third-order valence-corrected chi connectivity index (χ3v) is 2.97. The molecule has 1 atom stereocenters. The molecular weight excluding hydrogens is 202 g/mol. The first-order valence-electron chi connectivity index (χ1n) is 5.29. The number of hydrogen-bond donors (Lipinski definition) is 2. The molecule has 0 bridgehead atoms. The number of nitrogen functional groups attached to an aromatic ring is 1. The molecule has 4 heteroatoms. The van der Waals surface area contributed by atoms with Gasteiger partial charge in [0.05, 0.1) is 16.9 Å². The predicted octanol–water partition coefficient (Wildman–Crippen LogP) is 1.10. The molecule has 1 aromatic carbocycles. The number of rotatable bonds is 1. The molecule has 0 aromatic heterocycles. The Morgan fingerprint density at radius 3 is 2.81 bits per heavy atom. The van der Waals surface area contributed by atoms with Crippen LogP contribution in [0.4, 0.5) is 11.4 Å². The van der Waals surface area contributed by atoms with Crippen molar-refractivity contribution in [3.63, 3.8) is 0 Å². The molecule has 1 aromatic rings. The molecule has 4 nitrogen and oxygen atoms in total. The summed E-state index contributed by atoms with van der Waals surface area (Å²) < 4.78 is 0. The van der Waals surface area contributed by atoms with E-state index in [1.165, 1.54) is 0 Å². The summed E-state index contributed by atoms with van der Waals surface area (Å²) in [5.41, 5.74) is 7.09. The van der Waals surface area contributed by atoms with Crippen LogP contribution in [0.1, 0.15) is 18.9 Å². The molecule has 84 valence electrons. The van der Waals surface area contributed by atoms with Crippen LogP contribution in [0.5, 0.6) is 0 Å². The molecule has 0 spiro atoms. The number of benzene rings is 1. The number of β-amino-alcohol motifs (C(OH)–C–C–N with tert-alkyl or cyclic N) is 1. The van der Waals surface area contributed by atoms with Crippen molar-refractivity contribution < 1.29 is 5.11 Å². The first-order valence-corrected chi connectivity index (χ1v) is 5.29. The number of hydrogen-bond acceptors (Lipinski definition) is 4. The molecule has 0 aliphatic carbocycles. The van der Waals surface area contributed by atoms with E-state index in [1.807, 2.05) is 19.1 Å². The molecule has 1 aliphatic heterocycles. The molecule has 0 radical (unpaired) electrons. The molecule has 0 amide bonds. The SMILES string of the molecule is CC1(O)CCN(c2ccc(C#N)c(N)c2)C1. The summed E-state index contributed by atoms with van der Waals surface area (Å²) >= 11 is 0. The van der Waals surface area contributed by atoms with Crippen LogP contribution >= 0.6 is 0 Å².